The molecule has 19 heavy (non-hydrogen) atoms. The smallest absolute Gasteiger partial charge is 0.392 e. The Morgan fingerprint density at radius 3 is 2.63 bits per heavy atom. The summed E-state index contributed by atoms with van der Waals surface area (Å²) in [6.07, 6.45) is -2.34. The minimum atomic E-state index is -4.42. The molecule has 0 bridgehead atoms. The van der Waals surface area contributed by atoms with Crippen LogP contribution in [0.25, 0.3) is 0 Å². The summed E-state index contributed by atoms with van der Waals surface area (Å²) >= 11 is 0. The molecule has 2 rings (SSSR count). The Kier molecular flexibility index (Phi) is 4.04. The first kappa shape index (κ1) is 14.2. The number of rotatable bonds is 3. The lowest BCUT2D eigenvalue weighted by Crippen LogP contribution is -2.20. The predicted molar refractivity (Wildman–Crippen MR) is 68.0 cm³/mol. The fourth-order valence-electron chi connectivity index (χ4n) is 2.56. The van der Waals surface area contributed by atoms with Gasteiger partial charge in [-0.3, -0.25) is 0 Å². The molecule has 1 unspecified atom stereocenters. The van der Waals surface area contributed by atoms with Gasteiger partial charge in [0.05, 0.1) is 12.2 Å². The molecule has 1 aromatic rings. The van der Waals surface area contributed by atoms with Crippen LogP contribution in [-0.2, 0) is 12.8 Å². The molecule has 1 aliphatic heterocycles. The van der Waals surface area contributed by atoms with Crippen molar-refractivity contribution >= 4 is 5.69 Å². The second-order valence-electron chi connectivity index (χ2n) is 5.01. The first-order valence-electron chi connectivity index (χ1n) is 6.51. The lowest BCUT2D eigenvalue weighted by atomic mass is 10.1. The molecule has 0 saturated carbocycles. The standard InChI is InChI=1S/C14H18F3NO/c1-2-10-5-6-18(8-10)12-4-3-11(9-19)13(7-12)14(15,16)17/h3-4,7,10,19H,2,5-6,8-9H2,1H3. The first-order chi connectivity index (χ1) is 8.95. The molecule has 0 aliphatic carbocycles. The summed E-state index contributed by atoms with van der Waals surface area (Å²) in [4.78, 5) is 1.99. The van der Waals surface area contributed by atoms with Crippen molar-refractivity contribution in [2.24, 2.45) is 5.92 Å². The molecule has 0 spiro atoms. The van der Waals surface area contributed by atoms with Crippen molar-refractivity contribution in [1.82, 2.24) is 0 Å². The van der Waals surface area contributed by atoms with Gasteiger partial charge < -0.3 is 10.0 Å². The Balaban J connectivity index is 2.28. The summed E-state index contributed by atoms with van der Waals surface area (Å²) in [7, 11) is 0. The Hall–Kier alpha value is -1.23. The number of nitrogens with zero attached hydrogens (tertiary/aromatic N) is 1. The molecule has 0 amide bonds. The summed E-state index contributed by atoms with van der Waals surface area (Å²) in [5, 5.41) is 9.00. The average molecular weight is 273 g/mol. The van der Waals surface area contributed by atoms with E-state index in [0.717, 1.165) is 32.0 Å². The molecule has 1 heterocycles. The van der Waals surface area contributed by atoms with Crippen LogP contribution >= 0.6 is 0 Å². The zero-order valence-electron chi connectivity index (χ0n) is 10.9. The van der Waals surface area contributed by atoms with E-state index in [2.05, 4.69) is 6.92 Å². The van der Waals surface area contributed by atoms with Crippen molar-refractivity contribution in [3.63, 3.8) is 0 Å². The number of halogens is 3. The second kappa shape index (κ2) is 5.41. The molecular weight excluding hydrogens is 255 g/mol. The van der Waals surface area contributed by atoms with Crippen molar-refractivity contribution in [2.45, 2.75) is 32.5 Å². The maximum atomic E-state index is 12.9. The van der Waals surface area contributed by atoms with Crippen LogP contribution in [0.5, 0.6) is 0 Å². The van der Waals surface area contributed by atoms with Gasteiger partial charge in [-0.1, -0.05) is 19.4 Å². The zero-order valence-corrected chi connectivity index (χ0v) is 10.9. The molecule has 1 aliphatic rings. The van der Waals surface area contributed by atoms with Crippen LogP contribution in [0.1, 0.15) is 30.9 Å². The minimum Gasteiger partial charge on any atom is -0.392 e. The van der Waals surface area contributed by atoms with E-state index in [1.165, 1.54) is 6.07 Å². The number of hydrogen-bond acceptors (Lipinski definition) is 2. The summed E-state index contributed by atoms with van der Waals surface area (Å²) < 4.78 is 38.7. The molecule has 1 aromatic carbocycles. The van der Waals surface area contributed by atoms with Crippen LogP contribution in [0.4, 0.5) is 18.9 Å². The van der Waals surface area contributed by atoms with Gasteiger partial charge in [-0.2, -0.15) is 13.2 Å². The van der Waals surface area contributed by atoms with Gasteiger partial charge in [0.15, 0.2) is 0 Å². The molecule has 1 saturated heterocycles. The van der Waals surface area contributed by atoms with Gasteiger partial charge in [0.25, 0.3) is 0 Å². The summed E-state index contributed by atoms with van der Waals surface area (Å²) in [5.41, 5.74) is -0.199. The minimum absolute atomic E-state index is 0.0671. The monoisotopic (exact) mass is 273 g/mol. The number of benzene rings is 1. The largest absolute Gasteiger partial charge is 0.416 e. The van der Waals surface area contributed by atoms with Gasteiger partial charge in [-0.05, 0) is 30.0 Å². The molecule has 1 fully saturated rings. The quantitative estimate of drug-likeness (QED) is 0.912. The highest BCUT2D eigenvalue weighted by Crippen LogP contribution is 2.36. The lowest BCUT2D eigenvalue weighted by Gasteiger charge is -2.21. The SMILES string of the molecule is CCC1CCN(c2ccc(CO)c(C(F)(F)F)c2)C1. The highest BCUT2D eigenvalue weighted by Gasteiger charge is 2.34. The van der Waals surface area contributed by atoms with E-state index >= 15 is 0 Å². The van der Waals surface area contributed by atoms with Gasteiger partial charge in [0, 0.05) is 18.8 Å². The fourth-order valence-corrected chi connectivity index (χ4v) is 2.56. The second-order valence-corrected chi connectivity index (χ2v) is 5.01. The molecule has 2 nitrogen and oxygen atoms in total. The molecule has 1 atom stereocenters. The van der Waals surface area contributed by atoms with Crippen LogP contribution in [0.2, 0.25) is 0 Å². The number of hydrogen-bond donors (Lipinski definition) is 1. The number of alkyl halides is 3. The predicted octanol–water partition coefficient (Wildman–Crippen LogP) is 3.43. The maximum absolute atomic E-state index is 12.9. The zero-order chi connectivity index (χ0) is 14.0. The number of anilines is 1. The van der Waals surface area contributed by atoms with Crippen molar-refractivity contribution in [3.8, 4) is 0 Å². The van der Waals surface area contributed by atoms with Crippen molar-refractivity contribution < 1.29 is 18.3 Å². The first-order valence-corrected chi connectivity index (χ1v) is 6.51. The third-order valence-corrected chi connectivity index (χ3v) is 3.80. The fraction of sp³-hybridized carbons (Fsp3) is 0.571. The molecule has 1 N–H and O–H groups in total. The van der Waals surface area contributed by atoms with Crippen molar-refractivity contribution in [1.29, 1.82) is 0 Å². The molecule has 106 valence electrons. The Morgan fingerprint density at radius 2 is 2.11 bits per heavy atom. The molecular formula is C14H18F3NO. The van der Waals surface area contributed by atoms with E-state index in [4.69, 9.17) is 5.11 Å². The summed E-state index contributed by atoms with van der Waals surface area (Å²) in [6.45, 7) is 3.12. The molecule has 5 heteroatoms. The Morgan fingerprint density at radius 1 is 1.37 bits per heavy atom. The van der Waals surface area contributed by atoms with Crippen molar-refractivity contribution in [2.75, 3.05) is 18.0 Å². The molecule has 0 aromatic heterocycles. The Labute approximate surface area is 110 Å². The van der Waals surface area contributed by atoms with Gasteiger partial charge in [0.2, 0.25) is 0 Å². The van der Waals surface area contributed by atoms with Crippen LogP contribution in [0, 0.1) is 5.92 Å². The summed E-state index contributed by atoms with van der Waals surface area (Å²) in [5.74, 6) is 0.562. The average Bonchev–Trinajstić information content (AvgIpc) is 2.85. The van der Waals surface area contributed by atoms with Crippen molar-refractivity contribution in [3.05, 3.63) is 29.3 Å². The van der Waals surface area contributed by atoms with Crippen LogP contribution in [0.15, 0.2) is 18.2 Å². The van der Waals surface area contributed by atoms with Gasteiger partial charge in [-0.25, -0.2) is 0 Å². The highest BCUT2D eigenvalue weighted by molar-refractivity contribution is 5.52. The number of aliphatic hydroxyl groups is 1. The van der Waals surface area contributed by atoms with E-state index in [1.54, 1.807) is 6.07 Å². The summed E-state index contributed by atoms with van der Waals surface area (Å²) in [6, 6.07) is 4.19. The van der Waals surface area contributed by atoms with Crippen LogP contribution < -0.4 is 4.90 Å². The topological polar surface area (TPSA) is 23.5 Å². The Bertz CT molecular complexity index is 445. The normalized spacial score (nSPS) is 20.1. The van der Waals surface area contributed by atoms with E-state index in [-0.39, 0.29) is 5.56 Å². The highest BCUT2D eigenvalue weighted by atomic mass is 19.4. The lowest BCUT2D eigenvalue weighted by molar-refractivity contribution is -0.138. The molecule has 0 radical (unpaired) electrons. The van der Waals surface area contributed by atoms with Crippen LogP contribution in [-0.4, -0.2) is 18.2 Å². The van der Waals surface area contributed by atoms with Gasteiger partial charge in [0.1, 0.15) is 0 Å². The van der Waals surface area contributed by atoms with E-state index in [0.29, 0.717) is 11.6 Å². The van der Waals surface area contributed by atoms with E-state index in [9.17, 15) is 13.2 Å². The van der Waals surface area contributed by atoms with Gasteiger partial charge >= 0.3 is 6.18 Å². The maximum Gasteiger partial charge on any atom is 0.416 e. The van der Waals surface area contributed by atoms with Crippen LogP contribution in [0.3, 0.4) is 0 Å². The van der Waals surface area contributed by atoms with Gasteiger partial charge in [-0.15, -0.1) is 0 Å². The van der Waals surface area contributed by atoms with E-state index in [1.807, 2.05) is 4.90 Å². The third-order valence-electron chi connectivity index (χ3n) is 3.80. The van der Waals surface area contributed by atoms with E-state index < -0.39 is 18.3 Å². The third kappa shape index (κ3) is 3.03. The number of aliphatic hydroxyl groups excluding tert-OH is 1.